The van der Waals surface area contributed by atoms with Crippen molar-refractivity contribution in [1.29, 1.82) is 0 Å². The highest BCUT2D eigenvalue weighted by atomic mass is 28.3. The second kappa shape index (κ2) is 6.43. The van der Waals surface area contributed by atoms with E-state index in [0.717, 1.165) is 0 Å². The largest absolute Gasteiger partial charge is 0.384 e. The van der Waals surface area contributed by atoms with E-state index >= 15 is 0 Å². The van der Waals surface area contributed by atoms with Gasteiger partial charge in [-0.1, -0.05) is 5.70 Å². The number of rotatable bonds is 7. The molecule has 0 heterocycles. The average Bonchev–Trinajstić information content (AvgIpc) is 2.29. The van der Waals surface area contributed by atoms with Gasteiger partial charge < -0.3 is 14.2 Å². The fraction of sp³-hybridized carbons (Fsp3) is 0.818. The van der Waals surface area contributed by atoms with E-state index in [-0.39, 0.29) is 17.2 Å². The van der Waals surface area contributed by atoms with Gasteiger partial charge in [-0.3, -0.25) is 0 Å². The van der Waals surface area contributed by atoms with Crippen LogP contribution in [0.2, 0.25) is 0 Å². The molecule has 0 saturated heterocycles. The second-order valence-corrected chi connectivity index (χ2v) is 8.69. The van der Waals surface area contributed by atoms with Crippen molar-refractivity contribution in [3.05, 3.63) is 12.3 Å². The fourth-order valence-corrected chi connectivity index (χ4v) is 6.31. The van der Waals surface area contributed by atoms with Gasteiger partial charge in [-0.15, -0.1) is 6.58 Å². The summed E-state index contributed by atoms with van der Waals surface area (Å²) in [5.41, 5.74) is 2.39. The van der Waals surface area contributed by atoms with Crippen molar-refractivity contribution in [3.63, 3.8) is 0 Å². The van der Waals surface area contributed by atoms with Gasteiger partial charge in [0.1, 0.15) is 0 Å². The quantitative estimate of drug-likeness (QED) is 0.627. The van der Waals surface area contributed by atoms with Crippen molar-refractivity contribution in [1.82, 2.24) is 0 Å². The van der Waals surface area contributed by atoms with E-state index in [1.807, 2.05) is 5.70 Å². The first-order valence-corrected chi connectivity index (χ1v) is 7.54. The lowest BCUT2D eigenvalue weighted by Crippen LogP contribution is -2.63. The summed E-state index contributed by atoms with van der Waals surface area (Å²) in [6.07, 6.45) is 0. The molecule has 0 aliphatic rings. The van der Waals surface area contributed by atoms with Crippen LogP contribution in [0.1, 0.15) is 20.8 Å². The second-order valence-electron chi connectivity index (χ2n) is 3.84. The van der Waals surface area contributed by atoms with Crippen LogP contribution in [0, 0.1) is 0 Å². The molecule has 0 radical (unpaired) electrons. The van der Waals surface area contributed by atoms with Gasteiger partial charge in [0.2, 0.25) is 0 Å². The van der Waals surface area contributed by atoms with Gasteiger partial charge in [0, 0.05) is 21.3 Å². The van der Waals surface area contributed by atoms with Crippen LogP contribution in [0.4, 0.5) is 0 Å². The summed E-state index contributed by atoms with van der Waals surface area (Å²) < 4.78 is 16.4. The Morgan fingerprint density at radius 3 is 1.27 bits per heavy atom. The molecule has 0 aliphatic carbocycles. The molecule has 0 bridgehead atoms. The molecule has 3 atom stereocenters. The first-order valence-electron chi connectivity index (χ1n) is 5.23. The summed E-state index contributed by atoms with van der Waals surface area (Å²) in [4.78, 5) is 0. The Balaban J connectivity index is 5.18. The van der Waals surface area contributed by atoms with Gasteiger partial charge in [-0.2, -0.15) is 0 Å². The molecule has 15 heavy (non-hydrogen) atoms. The number of ether oxygens (including phenoxy) is 3. The SMILES string of the molecule is C=C[Si](C(C)OC)(C(C)OC)C(C)OC. The van der Waals surface area contributed by atoms with E-state index < -0.39 is 8.07 Å². The van der Waals surface area contributed by atoms with Gasteiger partial charge in [0.05, 0.1) is 17.2 Å². The van der Waals surface area contributed by atoms with Gasteiger partial charge in [0.25, 0.3) is 0 Å². The summed E-state index contributed by atoms with van der Waals surface area (Å²) in [7, 11) is 3.19. The molecular weight excluding hydrogens is 208 g/mol. The zero-order valence-electron chi connectivity index (χ0n) is 10.7. The van der Waals surface area contributed by atoms with Crippen molar-refractivity contribution in [2.45, 2.75) is 38.0 Å². The van der Waals surface area contributed by atoms with E-state index in [1.165, 1.54) is 0 Å². The van der Waals surface area contributed by atoms with Gasteiger partial charge in [-0.05, 0) is 20.8 Å². The first kappa shape index (κ1) is 14.8. The average molecular weight is 232 g/mol. The Morgan fingerprint density at radius 1 is 0.867 bits per heavy atom. The maximum Gasteiger partial charge on any atom is 0.171 e. The molecule has 0 saturated carbocycles. The van der Waals surface area contributed by atoms with E-state index in [9.17, 15) is 0 Å². The molecule has 4 heteroatoms. The molecule has 0 N–H and O–H groups in total. The third kappa shape index (κ3) is 2.69. The molecule has 0 aromatic carbocycles. The van der Waals surface area contributed by atoms with Crippen molar-refractivity contribution < 1.29 is 14.2 Å². The van der Waals surface area contributed by atoms with Crippen molar-refractivity contribution in [2.24, 2.45) is 0 Å². The lowest BCUT2D eigenvalue weighted by molar-refractivity contribution is 0.103. The van der Waals surface area contributed by atoms with E-state index in [0.29, 0.717) is 0 Å². The van der Waals surface area contributed by atoms with Crippen LogP contribution in [0.25, 0.3) is 0 Å². The van der Waals surface area contributed by atoms with Crippen LogP contribution >= 0.6 is 0 Å². The van der Waals surface area contributed by atoms with Crippen LogP contribution in [0.3, 0.4) is 0 Å². The topological polar surface area (TPSA) is 27.7 Å². The van der Waals surface area contributed by atoms with Crippen LogP contribution < -0.4 is 0 Å². The van der Waals surface area contributed by atoms with Crippen LogP contribution in [-0.2, 0) is 14.2 Å². The van der Waals surface area contributed by atoms with Crippen LogP contribution in [0.5, 0.6) is 0 Å². The van der Waals surface area contributed by atoms with Crippen molar-refractivity contribution in [2.75, 3.05) is 21.3 Å². The zero-order valence-corrected chi connectivity index (χ0v) is 11.7. The Morgan fingerprint density at radius 2 is 1.13 bits per heavy atom. The Kier molecular flexibility index (Phi) is 6.36. The Hall–Kier alpha value is -0.163. The van der Waals surface area contributed by atoms with E-state index in [4.69, 9.17) is 14.2 Å². The lowest BCUT2D eigenvalue weighted by atomic mass is 10.8. The molecule has 0 aliphatic heterocycles. The molecule has 0 aromatic rings. The minimum Gasteiger partial charge on any atom is -0.384 e. The summed E-state index contributed by atoms with van der Waals surface area (Å²) in [6, 6.07) is 0. The molecule has 0 aromatic heterocycles. The predicted molar refractivity (Wildman–Crippen MR) is 65.4 cm³/mol. The first-order chi connectivity index (χ1) is 7.00. The maximum atomic E-state index is 5.48. The molecule has 90 valence electrons. The smallest absolute Gasteiger partial charge is 0.171 e. The van der Waals surface area contributed by atoms with Crippen LogP contribution in [0.15, 0.2) is 12.3 Å². The Bertz CT molecular complexity index is 170. The normalized spacial score (nSPS) is 21.5. The lowest BCUT2D eigenvalue weighted by Gasteiger charge is -2.41. The standard InChI is InChI=1S/C11H24O3Si/c1-8-15(9(2)12-5,10(3)13-6)11(4)14-7/h8-11H,1H2,2-7H3. The highest BCUT2D eigenvalue weighted by molar-refractivity contribution is 6.87. The highest BCUT2D eigenvalue weighted by Gasteiger charge is 2.47. The number of hydrogen-bond acceptors (Lipinski definition) is 3. The van der Waals surface area contributed by atoms with Crippen LogP contribution in [-0.4, -0.2) is 46.6 Å². The summed E-state index contributed by atoms with van der Waals surface area (Å²) in [6.45, 7) is 10.2. The van der Waals surface area contributed by atoms with E-state index in [1.54, 1.807) is 21.3 Å². The number of hydrogen-bond donors (Lipinski definition) is 0. The van der Waals surface area contributed by atoms with Crippen molar-refractivity contribution >= 4 is 8.07 Å². The zero-order chi connectivity index (χ0) is 12.1. The monoisotopic (exact) mass is 232 g/mol. The molecule has 0 amide bonds. The summed E-state index contributed by atoms with van der Waals surface area (Å²) >= 11 is 0. The minimum atomic E-state index is -1.98. The third-order valence-electron chi connectivity index (χ3n) is 3.53. The maximum absolute atomic E-state index is 5.48. The molecule has 0 fully saturated rings. The molecular formula is C11H24O3Si. The summed E-state index contributed by atoms with van der Waals surface area (Å²) in [5.74, 6) is 0. The van der Waals surface area contributed by atoms with Gasteiger partial charge in [-0.25, -0.2) is 0 Å². The molecule has 3 nitrogen and oxygen atoms in total. The fourth-order valence-electron chi connectivity index (χ4n) is 2.10. The van der Waals surface area contributed by atoms with Crippen molar-refractivity contribution in [3.8, 4) is 0 Å². The Labute approximate surface area is 94.4 Å². The highest BCUT2D eigenvalue weighted by Crippen LogP contribution is 2.25. The minimum absolute atomic E-state index is 0.125. The van der Waals surface area contributed by atoms with E-state index in [2.05, 4.69) is 27.4 Å². The molecule has 3 unspecified atom stereocenters. The van der Waals surface area contributed by atoms with Gasteiger partial charge >= 0.3 is 0 Å². The summed E-state index contributed by atoms with van der Waals surface area (Å²) in [5, 5.41) is 0. The number of methoxy groups -OCH3 is 3. The molecule has 0 rings (SSSR count). The third-order valence-corrected chi connectivity index (χ3v) is 9.17. The molecule has 0 spiro atoms. The van der Waals surface area contributed by atoms with Gasteiger partial charge in [0.15, 0.2) is 8.07 Å². The predicted octanol–water partition coefficient (Wildman–Crippen LogP) is 1.88.